The molecule has 1 aromatic heterocycles. The van der Waals surface area contributed by atoms with E-state index in [-0.39, 0.29) is 23.8 Å². The highest BCUT2D eigenvalue weighted by atomic mass is 32.2. The molecule has 6 nitrogen and oxygen atoms in total. The van der Waals surface area contributed by atoms with Crippen LogP contribution in [0.25, 0.3) is 0 Å². The van der Waals surface area contributed by atoms with Crippen molar-refractivity contribution in [3.05, 3.63) is 77.6 Å². The van der Waals surface area contributed by atoms with E-state index in [0.29, 0.717) is 17.9 Å². The minimum atomic E-state index is -1.14. The summed E-state index contributed by atoms with van der Waals surface area (Å²) in [4.78, 5) is 30.1. The Bertz CT molecular complexity index is 1180. The Kier molecular flexibility index (Phi) is 6.10. The average molecular weight is 463 g/mol. The molecule has 0 saturated carbocycles. The summed E-state index contributed by atoms with van der Waals surface area (Å²) < 4.78 is 1.69. The van der Waals surface area contributed by atoms with E-state index in [2.05, 4.69) is 26.1 Å². The summed E-state index contributed by atoms with van der Waals surface area (Å²) in [6, 6.07) is 19.4. The van der Waals surface area contributed by atoms with Gasteiger partial charge in [-0.25, -0.2) is 0 Å². The largest absolute Gasteiger partial charge is 0.350 e. The maximum atomic E-state index is 13.8. The van der Waals surface area contributed by atoms with Crippen LogP contribution in [-0.4, -0.2) is 33.4 Å². The zero-order chi connectivity index (χ0) is 23.8. The van der Waals surface area contributed by atoms with E-state index >= 15 is 0 Å². The minimum Gasteiger partial charge on any atom is -0.350 e. The molecule has 0 saturated heterocycles. The molecule has 0 fully saturated rings. The first-order valence-corrected chi connectivity index (χ1v) is 12.2. The molecule has 1 N–H and O–H groups in total. The molecule has 0 radical (unpaired) electrons. The molecule has 1 aliphatic heterocycles. The predicted octanol–water partition coefficient (Wildman–Crippen LogP) is 4.64. The molecule has 172 valence electrons. The number of hydrogen-bond acceptors (Lipinski definition) is 4. The Balaban J connectivity index is 1.76. The Morgan fingerprint density at radius 3 is 2.52 bits per heavy atom. The minimum absolute atomic E-state index is 0.208. The summed E-state index contributed by atoms with van der Waals surface area (Å²) >= 11 is 1.60. The summed E-state index contributed by atoms with van der Waals surface area (Å²) in [5.41, 5.74) is 1.69. The first-order valence-electron chi connectivity index (χ1n) is 11.0. The van der Waals surface area contributed by atoms with Gasteiger partial charge in [-0.05, 0) is 43.0 Å². The fourth-order valence-corrected chi connectivity index (χ4v) is 4.52. The van der Waals surface area contributed by atoms with Crippen LogP contribution in [0.3, 0.4) is 0 Å². The number of carbonyl (C=O) groups is 2. The summed E-state index contributed by atoms with van der Waals surface area (Å²) in [5.74, 6) is -0.437. The van der Waals surface area contributed by atoms with Crippen LogP contribution in [0.4, 0.5) is 5.69 Å². The Morgan fingerprint density at radius 1 is 1.12 bits per heavy atom. The van der Waals surface area contributed by atoms with Gasteiger partial charge in [0.15, 0.2) is 0 Å². The van der Waals surface area contributed by atoms with Crippen molar-refractivity contribution in [3.63, 3.8) is 0 Å². The van der Waals surface area contributed by atoms with Gasteiger partial charge in [0.25, 0.3) is 5.91 Å². The smallest absolute Gasteiger partial charge is 0.277 e. The average Bonchev–Trinajstić information content (AvgIpc) is 3.23. The third-order valence-corrected chi connectivity index (χ3v) is 6.74. The molecule has 2 aromatic carbocycles. The monoisotopic (exact) mass is 462 g/mol. The molecular weight excluding hydrogens is 432 g/mol. The number of hydrogen-bond donors (Lipinski definition) is 1. The lowest BCUT2D eigenvalue weighted by atomic mass is 9.91. The maximum absolute atomic E-state index is 13.8. The quantitative estimate of drug-likeness (QED) is 0.561. The molecule has 0 aliphatic carbocycles. The lowest BCUT2D eigenvalue weighted by Gasteiger charge is -2.43. The number of amides is 2. The van der Waals surface area contributed by atoms with E-state index in [1.807, 2.05) is 73.8 Å². The molecule has 33 heavy (non-hydrogen) atoms. The van der Waals surface area contributed by atoms with Crippen LogP contribution in [0.2, 0.25) is 0 Å². The van der Waals surface area contributed by atoms with Crippen LogP contribution in [0, 0.1) is 0 Å². The van der Waals surface area contributed by atoms with Crippen molar-refractivity contribution in [2.24, 2.45) is 0 Å². The van der Waals surface area contributed by atoms with Crippen molar-refractivity contribution in [1.82, 2.24) is 15.1 Å². The van der Waals surface area contributed by atoms with Gasteiger partial charge in [0.2, 0.25) is 5.91 Å². The van der Waals surface area contributed by atoms with Crippen molar-refractivity contribution >= 4 is 29.3 Å². The fourth-order valence-electron chi connectivity index (χ4n) is 4.07. The highest BCUT2D eigenvalue weighted by molar-refractivity contribution is 7.98. The van der Waals surface area contributed by atoms with Crippen LogP contribution in [0.5, 0.6) is 0 Å². The zero-order valence-electron chi connectivity index (χ0n) is 19.8. The molecule has 7 heteroatoms. The number of anilines is 1. The molecule has 2 amide bonds. The lowest BCUT2D eigenvalue weighted by molar-refractivity contribution is -0.126. The van der Waals surface area contributed by atoms with E-state index in [9.17, 15) is 9.59 Å². The predicted molar refractivity (Wildman–Crippen MR) is 133 cm³/mol. The second kappa shape index (κ2) is 8.71. The highest BCUT2D eigenvalue weighted by Gasteiger charge is 2.49. The van der Waals surface area contributed by atoms with Gasteiger partial charge in [-0.15, -0.1) is 11.8 Å². The van der Waals surface area contributed by atoms with Crippen molar-refractivity contribution in [2.75, 3.05) is 11.2 Å². The SMILES string of the molecule is CSc1cccc(N2C(=O)c3cc(C(C)(C)C)nn3C[C@@]2(C)C(=O)NCc2ccccc2)c1. The third-order valence-electron chi connectivity index (χ3n) is 6.02. The van der Waals surface area contributed by atoms with E-state index in [1.165, 1.54) is 0 Å². The van der Waals surface area contributed by atoms with Gasteiger partial charge < -0.3 is 5.32 Å². The van der Waals surface area contributed by atoms with Gasteiger partial charge in [0.1, 0.15) is 11.2 Å². The van der Waals surface area contributed by atoms with Gasteiger partial charge >= 0.3 is 0 Å². The molecule has 0 bridgehead atoms. The zero-order valence-corrected chi connectivity index (χ0v) is 20.6. The molecule has 1 atom stereocenters. The topological polar surface area (TPSA) is 67.2 Å². The highest BCUT2D eigenvalue weighted by Crippen LogP contribution is 2.35. The molecule has 0 unspecified atom stereocenters. The standard InChI is InChI=1S/C26H30N4O2S/c1-25(2,3)22-15-21-23(31)30(19-12-9-13-20(14-19)33-5)26(4,17-29(21)28-22)24(32)27-16-18-10-7-6-8-11-18/h6-15H,16-17H2,1-5H3,(H,27,32)/t26-/m0/s1. The maximum Gasteiger partial charge on any atom is 0.277 e. The van der Waals surface area contributed by atoms with E-state index in [0.717, 1.165) is 16.2 Å². The number of thioether (sulfide) groups is 1. The van der Waals surface area contributed by atoms with Crippen molar-refractivity contribution in [2.45, 2.75) is 56.6 Å². The van der Waals surface area contributed by atoms with Crippen LogP contribution in [0.15, 0.2) is 65.6 Å². The molecule has 4 rings (SSSR count). The Hall–Kier alpha value is -3.06. The normalized spacial score (nSPS) is 18.2. The third kappa shape index (κ3) is 4.42. The van der Waals surface area contributed by atoms with E-state index in [1.54, 1.807) is 21.3 Å². The summed E-state index contributed by atoms with van der Waals surface area (Å²) in [6.45, 7) is 8.68. The van der Waals surface area contributed by atoms with Crippen molar-refractivity contribution in [1.29, 1.82) is 0 Å². The van der Waals surface area contributed by atoms with Gasteiger partial charge in [-0.1, -0.05) is 57.2 Å². The van der Waals surface area contributed by atoms with Crippen molar-refractivity contribution in [3.8, 4) is 0 Å². The first kappa shape index (κ1) is 23.1. The fraction of sp³-hybridized carbons (Fsp3) is 0.346. The van der Waals surface area contributed by atoms with E-state index in [4.69, 9.17) is 5.10 Å². The van der Waals surface area contributed by atoms with Crippen LogP contribution in [0.1, 0.15) is 49.4 Å². The second-order valence-electron chi connectivity index (χ2n) is 9.61. The summed E-state index contributed by atoms with van der Waals surface area (Å²) in [6.07, 6.45) is 1.99. The lowest BCUT2D eigenvalue weighted by Crippen LogP contribution is -2.64. The Labute approximate surface area is 199 Å². The van der Waals surface area contributed by atoms with Crippen LogP contribution in [-0.2, 0) is 23.3 Å². The first-order chi connectivity index (χ1) is 15.6. The van der Waals surface area contributed by atoms with E-state index < -0.39 is 5.54 Å². The van der Waals surface area contributed by atoms with Crippen molar-refractivity contribution < 1.29 is 9.59 Å². The van der Waals surface area contributed by atoms with Crippen LogP contribution >= 0.6 is 11.8 Å². The summed E-state index contributed by atoms with van der Waals surface area (Å²) in [7, 11) is 0. The van der Waals surface area contributed by atoms with Crippen LogP contribution < -0.4 is 10.2 Å². The number of fused-ring (bicyclic) bond motifs is 1. The molecule has 0 spiro atoms. The van der Waals surface area contributed by atoms with Gasteiger partial charge in [-0.3, -0.25) is 19.2 Å². The summed E-state index contributed by atoms with van der Waals surface area (Å²) in [5, 5.41) is 7.76. The Morgan fingerprint density at radius 2 is 1.85 bits per heavy atom. The molecule has 2 heterocycles. The number of nitrogens with one attached hydrogen (secondary N) is 1. The number of nitrogens with zero attached hydrogens (tertiary/aromatic N) is 3. The van der Waals surface area contributed by atoms with Gasteiger partial charge in [0, 0.05) is 22.5 Å². The number of aromatic nitrogens is 2. The molecule has 1 aliphatic rings. The number of rotatable bonds is 5. The number of benzene rings is 2. The molecular formula is C26H30N4O2S. The van der Waals surface area contributed by atoms with Gasteiger partial charge in [0.05, 0.1) is 12.2 Å². The molecule has 3 aromatic rings. The van der Waals surface area contributed by atoms with Gasteiger partial charge in [-0.2, -0.15) is 5.10 Å². The second-order valence-corrected chi connectivity index (χ2v) is 10.5. The number of carbonyl (C=O) groups excluding carboxylic acids is 2.